The quantitative estimate of drug-likeness (QED) is 0.499. The summed E-state index contributed by atoms with van der Waals surface area (Å²) in [6, 6.07) is 11.9. The van der Waals surface area contributed by atoms with Gasteiger partial charge in [-0.15, -0.1) is 0 Å². The third-order valence-electron chi connectivity index (χ3n) is 5.13. The van der Waals surface area contributed by atoms with Gasteiger partial charge in [-0.05, 0) is 42.7 Å². The Morgan fingerprint density at radius 3 is 2.64 bits per heavy atom. The molecule has 0 bridgehead atoms. The lowest BCUT2D eigenvalue weighted by Crippen LogP contribution is -2.30. The lowest BCUT2D eigenvalue weighted by molar-refractivity contribution is -0.139. The van der Waals surface area contributed by atoms with E-state index in [2.05, 4.69) is 0 Å². The Morgan fingerprint density at radius 2 is 1.89 bits per heavy atom. The van der Waals surface area contributed by atoms with Crippen molar-refractivity contribution in [2.45, 2.75) is 26.3 Å². The number of ether oxygens (including phenoxy) is 2. The Kier molecular flexibility index (Phi) is 4.55. The van der Waals surface area contributed by atoms with E-state index in [1.54, 1.807) is 23.1 Å². The van der Waals surface area contributed by atoms with Crippen LogP contribution >= 0.6 is 0 Å². The van der Waals surface area contributed by atoms with Crippen LogP contribution in [0, 0.1) is 6.92 Å². The molecule has 0 aromatic heterocycles. The minimum atomic E-state index is -0.670. The van der Waals surface area contributed by atoms with Crippen molar-refractivity contribution in [1.29, 1.82) is 0 Å². The minimum absolute atomic E-state index is 0.103. The highest BCUT2D eigenvalue weighted by Gasteiger charge is 2.46. The van der Waals surface area contributed by atoms with Crippen molar-refractivity contribution < 1.29 is 24.2 Å². The van der Waals surface area contributed by atoms with E-state index in [0.29, 0.717) is 30.0 Å². The molecule has 2 aliphatic heterocycles. The maximum absolute atomic E-state index is 12.9. The number of hydrogen-bond acceptors (Lipinski definition) is 5. The van der Waals surface area contributed by atoms with E-state index >= 15 is 0 Å². The first-order valence-corrected chi connectivity index (χ1v) is 9.27. The van der Waals surface area contributed by atoms with Gasteiger partial charge in [0, 0.05) is 12.1 Å². The molecule has 144 valence electrons. The van der Waals surface area contributed by atoms with Gasteiger partial charge >= 0.3 is 0 Å². The second kappa shape index (κ2) is 7.03. The van der Waals surface area contributed by atoms with Crippen LogP contribution in [-0.2, 0) is 9.59 Å². The standard InChI is InChI=1S/C22H21NO5/c1-3-10-23-19(15-7-5-4-6-13(15)2)18(21(25)22(23)26)20(24)14-8-9-16-17(11-14)28-12-27-16/h4-9,11,19,24H,3,10,12H2,1-2H3/b20-18+. The number of benzene rings is 2. The van der Waals surface area contributed by atoms with E-state index in [1.165, 1.54) is 0 Å². The van der Waals surface area contributed by atoms with Gasteiger partial charge in [0.05, 0.1) is 11.6 Å². The predicted molar refractivity (Wildman–Crippen MR) is 103 cm³/mol. The van der Waals surface area contributed by atoms with Crippen LogP contribution in [0.4, 0.5) is 0 Å². The summed E-state index contributed by atoms with van der Waals surface area (Å²) < 4.78 is 10.7. The van der Waals surface area contributed by atoms with E-state index < -0.39 is 17.7 Å². The van der Waals surface area contributed by atoms with Crippen molar-refractivity contribution in [2.24, 2.45) is 0 Å². The molecule has 1 amide bonds. The number of ketones is 1. The molecule has 1 fully saturated rings. The minimum Gasteiger partial charge on any atom is -0.507 e. The van der Waals surface area contributed by atoms with Crippen molar-refractivity contribution >= 4 is 17.4 Å². The van der Waals surface area contributed by atoms with Crippen LogP contribution in [0.5, 0.6) is 11.5 Å². The highest BCUT2D eigenvalue weighted by molar-refractivity contribution is 6.46. The lowest BCUT2D eigenvalue weighted by Gasteiger charge is -2.26. The number of nitrogens with zero attached hydrogens (tertiary/aromatic N) is 1. The Hall–Kier alpha value is -3.28. The van der Waals surface area contributed by atoms with E-state index in [4.69, 9.17) is 9.47 Å². The maximum Gasteiger partial charge on any atom is 0.295 e. The van der Waals surface area contributed by atoms with Crippen LogP contribution in [0.3, 0.4) is 0 Å². The third-order valence-corrected chi connectivity index (χ3v) is 5.13. The summed E-state index contributed by atoms with van der Waals surface area (Å²) in [4.78, 5) is 27.1. The highest BCUT2D eigenvalue weighted by atomic mass is 16.7. The average molecular weight is 379 g/mol. The number of rotatable bonds is 4. The summed E-state index contributed by atoms with van der Waals surface area (Å²) in [5, 5.41) is 11.0. The average Bonchev–Trinajstić information content (AvgIpc) is 3.26. The van der Waals surface area contributed by atoms with E-state index in [1.807, 2.05) is 38.1 Å². The molecule has 2 aromatic rings. The highest BCUT2D eigenvalue weighted by Crippen LogP contribution is 2.42. The van der Waals surface area contributed by atoms with Gasteiger partial charge in [-0.25, -0.2) is 0 Å². The van der Waals surface area contributed by atoms with Crippen molar-refractivity contribution in [3.63, 3.8) is 0 Å². The molecule has 2 aromatic carbocycles. The molecule has 28 heavy (non-hydrogen) atoms. The van der Waals surface area contributed by atoms with Gasteiger partial charge in [0.1, 0.15) is 5.76 Å². The van der Waals surface area contributed by atoms with E-state index in [0.717, 1.165) is 11.1 Å². The van der Waals surface area contributed by atoms with Crippen LogP contribution < -0.4 is 9.47 Å². The largest absolute Gasteiger partial charge is 0.507 e. The predicted octanol–water partition coefficient (Wildman–Crippen LogP) is 3.56. The summed E-state index contributed by atoms with van der Waals surface area (Å²) in [5.41, 5.74) is 2.30. The summed E-state index contributed by atoms with van der Waals surface area (Å²) in [5.74, 6) is -0.379. The molecular weight excluding hydrogens is 358 g/mol. The van der Waals surface area contributed by atoms with Crippen LogP contribution in [0.25, 0.3) is 5.76 Å². The normalized spacial score (nSPS) is 20.1. The van der Waals surface area contributed by atoms with Crippen molar-refractivity contribution in [3.05, 3.63) is 64.7 Å². The molecule has 1 unspecified atom stereocenters. The first kappa shape index (κ1) is 18.1. The summed E-state index contributed by atoms with van der Waals surface area (Å²) >= 11 is 0. The number of Topliss-reactive ketones (excluding diaryl/α,β-unsaturated/α-hetero) is 1. The SMILES string of the molecule is CCCN1C(=O)C(=O)/C(=C(/O)c2ccc3c(c2)OCO3)C1c1ccccc1C. The summed E-state index contributed by atoms with van der Waals surface area (Å²) in [7, 11) is 0. The number of carbonyl (C=O) groups excluding carboxylic acids is 2. The smallest absolute Gasteiger partial charge is 0.295 e. The summed E-state index contributed by atoms with van der Waals surface area (Å²) in [6.45, 7) is 4.43. The zero-order valence-electron chi connectivity index (χ0n) is 15.8. The van der Waals surface area contributed by atoms with Gasteiger partial charge in [0.15, 0.2) is 11.5 Å². The molecule has 0 aliphatic carbocycles. The van der Waals surface area contributed by atoms with Crippen LogP contribution in [-0.4, -0.2) is 35.0 Å². The first-order valence-electron chi connectivity index (χ1n) is 9.27. The Morgan fingerprint density at radius 1 is 1.14 bits per heavy atom. The van der Waals surface area contributed by atoms with Gasteiger partial charge in [-0.2, -0.15) is 0 Å². The number of fused-ring (bicyclic) bond motifs is 1. The molecule has 6 nitrogen and oxygen atoms in total. The van der Waals surface area contributed by atoms with Gasteiger partial charge in [-0.3, -0.25) is 9.59 Å². The Balaban J connectivity index is 1.89. The molecule has 1 N–H and O–H groups in total. The lowest BCUT2D eigenvalue weighted by atomic mass is 9.92. The third kappa shape index (κ3) is 2.81. The maximum atomic E-state index is 12.9. The monoisotopic (exact) mass is 379 g/mol. The first-order chi connectivity index (χ1) is 13.5. The topological polar surface area (TPSA) is 76.1 Å². The van der Waals surface area contributed by atoms with Crippen molar-refractivity contribution in [1.82, 2.24) is 4.90 Å². The van der Waals surface area contributed by atoms with Crippen LogP contribution in [0.1, 0.15) is 36.1 Å². The summed E-state index contributed by atoms with van der Waals surface area (Å²) in [6.07, 6.45) is 0.708. The zero-order chi connectivity index (χ0) is 19.8. The zero-order valence-corrected chi connectivity index (χ0v) is 15.8. The molecule has 2 heterocycles. The fourth-order valence-electron chi connectivity index (χ4n) is 3.77. The Labute approximate surface area is 163 Å². The van der Waals surface area contributed by atoms with E-state index in [9.17, 15) is 14.7 Å². The van der Waals surface area contributed by atoms with Gasteiger partial charge in [0.2, 0.25) is 6.79 Å². The number of hydrogen-bond donors (Lipinski definition) is 1. The number of aliphatic hydroxyl groups is 1. The fraction of sp³-hybridized carbons (Fsp3) is 0.273. The van der Waals surface area contributed by atoms with Crippen molar-refractivity contribution in [3.8, 4) is 11.5 Å². The van der Waals surface area contributed by atoms with Crippen LogP contribution in [0.2, 0.25) is 0 Å². The molecule has 6 heteroatoms. The molecule has 2 aliphatic rings. The van der Waals surface area contributed by atoms with Crippen molar-refractivity contribution in [2.75, 3.05) is 13.3 Å². The van der Waals surface area contributed by atoms with Gasteiger partial charge in [0.25, 0.3) is 11.7 Å². The Bertz CT molecular complexity index is 994. The number of amides is 1. The molecular formula is C22H21NO5. The molecule has 0 spiro atoms. The second-order valence-corrected chi connectivity index (χ2v) is 6.92. The van der Waals surface area contributed by atoms with Gasteiger partial charge < -0.3 is 19.5 Å². The molecule has 0 radical (unpaired) electrons. The van der Waals surface area contributed by atoms with Gasteiger partial charge in [-0.1, -0.05) is 31.2 Å². The second-order valence-electron chi connectivity index (χ2n) is 6.92. The fourth-order valence-corrected chi connectivity index (χ4v) is 3.77. The molecule has 4 rings (SSSR count). The number of aryl methyl sites for hydroxylation is 1. The molecule has 0 saturated carbocycles. The molecule has 1 saturated heterocycles. The van der Waals surface area contributed by atoms with Crippen LogP contribution in [0.15, 0.2) is 48.0 Å². The number of carbonyl (C=O) groups is 2. The number of likely N-dealkylation sites (tertiary alicyclic amines) is 1. The molecule has 1 atom stereocenters. The number of aliphatic hydroxyl groups excluding tert-OH is 1. The van der Waals surface area contributed by atoms with E-state index in [-0.39, 0.29) is 18.1 Å².